The molecule has 0 spiro atoms. The molecule has 7 heteroatoms. The lowest BCUT2D eigenvalue weighted by Gasteiger charge is -2.14. The van der Waals surface area contributed by atoms with Gasteiger partial charge in [0, 0.05) is 37.4 Å². The average molecular weight is 481 g/mol. The standard InChI is InChI=1S/C29H28N4O3/c1-16(2)22-11-19(13-25-27(22)33(5)29(35)32(25)4)21-9-7-8-18-12-24(30-15-23(18)21)20-10-17(3)26(31-14-20)28(34)36-6/h7-16H,1-6H3. The Labute approximate surface area is 209 Å². The number of carbonyl (C=O) groups excluding carboxylic acids is 1. The van der Waals surface area contributed by atoms with E-state index in [1.165, 1.54) is 7.11 Å². The molecule has 0 fully saturated rings. The van der Waals surface area contributed by atoms with Crippen LogP contribution in [0.1, 0.15) is 41.4 Å². The van der Waals surface area contributed by atoms with Crippen molar-refractivity contribution < 1.29 is 9.53 Å². The Morgan fingerprint density at radius 1 is 0.972 bits per heavy atom. The van der Waals surface area contributed by atoms with Gasteiger partial charge >= 0.3 is 11.7 Å². The fourth-order valence-electron chi connectivity index (χ4n) is 4.89. The van der Waals surface area contributed by atoms with E-state index in [1.54, 1.807) is 15.3 Å². The summed E-state index contributed by atoms with van der Waals surface area (Å²) in [5, 5.41) is 2.06. The molecule has 0 amide bonds. The maximum Gasteiger partial charge on any atom is 0.356 e. The zero-order valence-corrected chi connectivity index (χ0v) is 21.3. The Kier molecular flexibility index (Phi) is 5.71. The highest BCUT2D eigenvalue weighted by atomic mass is 16.5. The lowest BCUT2D eigenvalue weighted by Crippen LogP contribution is -2.19. The van der Waals surface area contributed by atoms with Crippen molar-refractivity contribution in [1.82, 2.24) is 19.1 Å². The molecule has 0 aliphatic rings. The number of benzene rings is 2. The van der Waals surface area contributed by atoms with Crippen LogP contribution in [0.15, 0.2) is 59.7 Å². The highest BCUT2D eigenvalue weighted by Gasteiger charge is 2.18. The first kappa shape index (κ1) is 23.5. The number of rotatable bonds is 4. The lowest BCUT2D eigenvalue weighted by molar-refractivity contribution is 0.0593. The molecule has 0 atom stereocenters. The predicted octanol–water partition coefficient (Wildman–Crippen LogP) is 5.37. The summed E-state index contributed by atoms with van der Waals surface area (Å²) in [6, 6.07) is 14.4. The number of pyridine rings is 2. The smallest absolute Gasteiger partial charge is 0.356 e. The summed E-state index contributed by atoms with van der Waals surface area (Å²) >= 11 is 0. The van der Waals surface area contributed by atoms with Crippen molar-refractivity contribution in [3.05, 3.63) is 82.2 Å². The third-order valence-electron chi connectivity index (χ3n) is 6.84. The number of carbonyl (C=O) groups is 1. The first-order valence-electron chi connectivity index (χ1n) is 11.8. The van der Waals surface area contributed by atoms with Gasteiger partial charge in [0.05, 0.1) is 23.8 Å². The van der Waals surface area contributed by atoms with Crippen LogP contribution < -0.4 is 5.69 Å². The van der Waals surface area contributed by atoms with Gasteiger partial charge in [0.25, 0.3) is 0 Å². The third-order valence-corrected chi connectivity index (χ3v) is 6.84. The minimum absolute atomic E-state index is 0.0320. The number of methoxy groups -OCH3 is 1. The Bertz CT molecular complexity index is 1730. The minimum Gasteiger partial charge on any atom is -0.464 e. The Morgan fingerprint density at radius 2 is 1.75 bits per heavy atom. The molecule has 182 valence electrons. The van der Waals surface area contributed by atoms with Gasteiger partial charge in [0.15, 0.2) is 5.69 Å². The fourth-order valence-corrected chi connectivity index (χ4v) is 4.89. The number of aryl methyl sites for hydroxylation is 3. The first-order chi connectivity index (χ1) is 17.2. The largest absolute Gasteiger partial charge is 0.464 e. The maximum atomic E-state index is 12.7. The number of hydrogen-bond donors (Lipinski definition) is 0. The quantitative estimate of drug-likeness (QED) is 0.323. The number of nitrogens with zero attached hydrogens (tertiary/aromatic N) is 4. The summed E-state index contributed by atoms with van der Waals surface area (Å²) in [6.07, 6.45) is 3.53. The average Bonchev–Trinajstić information content (AvgIpc) is 3.10. The zero-order valence-electron chi connectivity index (χ0n) is 21.3. The second-order valence-corrected chi connectivity index (χ2v) is 9.47. The van der Waals surface area contributed by atoms with Crippen LogP contribution in [0, 0.1) is 6.92 Å². The van der Waals surface area contributed by atoms with Crippen molar-refractivity contribution in [1.29, 1.82) is 0 Å². The van der Waals surface area contributed by atoms with Gasteiger partial charge in [0.2, 0.25) is 0 Å². The molecule has 0 N–H and O–H groups in total. The molecule has 0 bridgehead atoms. The van der Waals surface area contributed by atoms with Crippen molar-refractivity contribution in [2.75, 3.05) is 7.11 Å². The summed E-state index contributed by atoms with van der Waals surface area (Å²) in [5.41, 5.74) is 7.73. The molecule has 0 radical (unpaired) electrons. The van der Waals surface area contributed by atoms with Gasteiger partial charge in [-0.3, -0.25) is 14.1 Å². The van der Waals surface area contributed by atoms with Crippen molar-refractivity contribution in [2.24, 2.45) is 14.1 Å². The van der Waals surface area contributed by atoms with Gasteiger partial charge in [0.1, 0.15) is 0 Å². The van der Waals surface area contributed by atoms with Gasteiger partial charge in [-0.05, 0) is 64.7 Å². The van der Waals surface area contributed by atoms with Crippen LogP contribution in [0.5, 0.6) is 0 Å². The molecule has 36 heavy (non-hydrogen) atoms. The molecule has 0 unspecified atom stereocenters. The molecule has 3 heterocycles. The lowest BCUT2D eigenvalue weighted by atomic mass is 9.93. The number of fused-ring (bicyclic) bond motifs is 2. The summed E-state index contributed by atoms with van der Waals surface area (Å²) < 4.78 is 8.24. The van der Waals surface area contributed by atoms with E-state index < -0.39 is 5.97 Å². The van der Waals surface area contributed by atoms with Gasteiger partial charge in [-0.25, -0.2) is 14.6 Å². The molecular formula is C29H28N4O3. The van der Waals surface area contributed by atoms with Crippen LogP contribution in [-0.2, 0) is 18.8 Å². The minimum atomic E-state index is -0.455. The number of hydrogen-bond acceptors (Lipinski definition) is 5. The van der Waals surface area contributed by atoms with Crippen LogP contribution >= 0.6 is 0 Å². The molecular weight excluding hydrogens is 452 g/mol. The van der Waals surface area contributed by atoms with Crippen LogP contribution in [0.4, 0.5) is 0 Å². The summed E-state index contributed by atoms with van der Waals surface area (Å²) in [7, 11) is 4.99. The van der Waals surface area contributed by atoms with E-state index in [4.69, 9.17) is 9.72 Å². The van der Waals surface area contributed by atoms with E-state index in [0.717, 1.165) is 55.3 Å². The van der Waals surface area contributed by atoms with E-state index in [-0.39, 0.29) is 11.6 Å². The molecule has 0 aliphatic heterocycles. The van der Waals surface area contributed by atoms with E-state index in [9.17, 15) is 9.59 Å². The fraction of sp³-hybridized carbons (Fsp3) is 0.241. The molecule has 2 aromatic carbocycles. The van der Waals surface area contributed by atoms with Crippen LogP contribution in [0.2, 0.25) is 0 Å². The van der Waals surface area contributed by atoms with Crippen molar-refractivity contribution in [3.63, 3.8) is 0 Å². The monoisotopic (exact) mass is 480 g/mol. The Morgan fingerprint density at radius 3 is 2.44 bits per heavy atom. The molecule has 0 saturated carbocycles. The van der Waals surface area contributed by atoms with Crippen molar-refractivity contribution >= 4 is 27.8 Å². The summed E-state index contributed by atoms with van der Waals surface area (Å²) in [6.45, 7) is 6.13. The predicted molar refractivity (Wildman–Crippen MR) is 142 cm³/mol. The second kappa shape index (κ2) is 8.75. The van der Waals surface area contributed by atoms with Crippen LogP contribution in [0.25, 0.3) is 44.2 Å². The number of imidazole rings is 1. The molecule has 0 saturated heterocycles. The van der Waals surface area contributed by atoms with Gasteiger partial charge in [-0.15, -0.1) is 0 Å². The highest BCUT2D eigenvalue weighted by molar-refractivity contribution is 5.99. The normalized spacial score (nSPS) is 11.5. The molecule has 3 aromatic heterocycles. The van der Waals surface area contributed by atoms with Crippen LogP contribution in [-0.4, -0.2) is 32.2 Å². The van der Waals surface area contributed by atoms with Gasteiger partial charge in [-0.1, -0.05) is 32.0 Å². The van der Waals surface area contributed by atoms with E-state index in [2.05, 4.69) is 43.1 Å². The second-order valence-electron chi connectivity index (χ2n) is 9.47. The third kappa shape index (κ3) is 3.68. The summed E-state index contributed by atoms with van der Waals surface area (Å²) in [4.78, 5) is 33.6. The topological polar surface area (TPSA) is 79.0 Å². The first-order valence-corrected chi connectivity index (χ1v) is 11.8. The summed E-state index contributed by atoms with van der Waals surface area (Å²) in [5.74, 6) is -0.201. The molecule has 5 aromatic rings. The maximum absolute atomic E-state index is 12.7. The SMILES string of the molecule is COC(=O)c1ncc(-c2cc3cccc(-c4cc(C(C)C)c5c(c4)n(C)c(=O)n5C)c3cn2)cc1C. The van der Waals surface area contributed by atoms with Gasteiger partial charge < -0.3 is 4.74 Å². The number of esters is 1. The van der Waals surface area contributed by atoms with E-state index >= 15 is 0 Å². The molecule has 5 rings (SSSR count). The highest BCUT2D eigenvalue weighted by Crippen LogP contribution is 2.35. The van der Waals surface area contributed by atoms with Crippen LogP contribution in [0.3, 0.4) is 0 Å². The Balaban J connectivity index is 1.66. The van der Waals surface area contributed by atoms with Crippen molar-refractivity contribution in [3.8, 4) is 22.4 Å². The van der Waals surface area contributed by atoms with Gasteiger partial charge in [-0.2, -0.15) is 0 Å². The molecule has 0 aliphatic carbocycles. The number of aromatic nitrogens is 4. The molecule has 7 nitrogen and oxygen atoms in total. The van der Waals surface area contributed by atoms with E-state index in [0.29, 0.717) is 5.69 Å². The zero-order chi connectivity index (χ0) is 25.7. The Hall–Kier alpha value is -4.26. The van der Waals surface area contributed by atoms with E-state index in [1.807, 2.05) is 45.4 Å². The number of ether oxygens (including phenoxy) is 1. The van der Waals surface area contributed by atoms with Crippen molar-refractivity contribution in [2.45, 2.75) is 26.7 Å².